The molecule has 1 aromatic heterocycles. The summed E-state index contributed by atoms with van der Waals surface area (Å²) in [6, 6.07) is 16.5. The fraction of sp³-hybridized carbons (Fsp3) is 0.516. The number of carbonyl (C=O) groups excluding carboxylic acids is 1. The normalized spacial score (nSPS) is 16.9. The van der Waals surface area contributed by atoms with Gasteiger partial charge in [0.25, 0.3) is 0 Å². The van der Waals surface area contributed by atoms with E-state index >= 15 is 0 Å². The fourth-order valence-electron chi connectivity index (χ4n) is 6.05. The van der Waals surface area contributed by atoms with Crippen LogP contribution < -0.4 is 10.5 Å². The maximum Gasteiger partial charge on any atom is 0.325 e. The molecule has 40 heavy (non-hydrogen) atoms. The Bertz CT molecular complexity index is 1320. The minimum atomic E-state index is -4.03. The number of amides is 1. The molecular formula is C31H42FN2O5P. The molecule has 9 heteroatoms. The van der Waals surface area contributed by atoms with Gasteiger partial charge >= 0.3 is 7.60 Å². The van der Waals surface area contributed by atoms with Crippen molar-refractivity contribution in [3.63, 3.8) is 0 Å². The van der Waals surface area contributed by atoms with Gasteiger partial charge in [0, 0.05) is 29.1 Å². The number of fused-ring (bicyclic) bond motifs is 3. The van der Waals surface area contributed by atoms with Crippen molar-refractivity contribution in [1.82, 2.24) is 4.57 Å². The second kappa shape index (κ2) is 13.8. The number of aryl methyl sites for hydroxylation is 1. The predicted octanol–water partition coefficient (Wildman–Crippen LogP) is 6.47. The lowest BCUT2D eigenvalue weighted by molar-refractivity contribution is -0.122. The molecule has 0 saturated carbocycles. The predicted molar refractivity (Wildman–Crippen MR) is 157 cm³/mol. The monoisotopic (exact) mass is 572 g/mol. The number of primary amides is 1. The van der Waals surface area contributed by atoms with Crippen LogP contribution in [0.2, 0.25) is 0 Å². The van der Waals surface area contributed by atoms with E-state index in [1.807, 2.05) is 12.1 Å². The molecule has 0 radical (unpaired) electrons. The molecule has 3 unspecified atom stereocenters. The van der Waals surface area contributed by atoms with Gasteiger partial charge in [-0.3, -0.25) is 9.36 Å². The Hall–Kier alpha value is -2.67. The molecule has 0 fully saturated rings. The smallest absolute Gasteiger partial charge is 0.325 e. The van der Waals surface area contributed by atoms with Gasteiger partial charge in [0.2, 0.25) is 5.91 Å². The van der Waals surface area contributed by atoms with E-state index in [0.717, 1.165) is 49.6 Å². The number of carbonyl (C=O) groups is 1. The average Bonchev–Trinajstić information content (AvgIpc) is 3.21. The highest BCUT2D eigenvalue weighted by Gasteiger charge is 2.28. The van der Waals surface area contributed by atoms with Gasteiger partial charge in [-0.2, -0.15) is 0 Å². The maximum atomic E-state index is 13.4. The molecule has 0 bridgehead atoms. The lowest BCUT2D eigenvalue weighted by Crippen LogP contribution is -2.24. The van der Waals surface area contributed by atoms with Crippen LogP contribution in [0, 0.1) is 5.92 Å². The van der Waals surface area contributed by atoms with E-state index in [1.165, 1.54) is 23.7 Å². The van der Waals surface area contributed by atoms with Gasteiger partial charge in [-0.15, -0.1) is 0 Å². The second-order valence-electron chi connectivity index (χ2n) is 11.2. The van der Waals surface area contributed by atoms with Crippen LogP contribution in [-0.2, 0) is 22.3 Å². The van der Waals surface area contributed by atoms with Gasteiger partial charge < -0.3 is 24.8 Å². The number of ether oxygens (including phenoxy) is 1. The van der Waals surface area contributed by atoms with Crippen LogP contribution >= 0.6 is 7.60 Å². The third-order valence-corrected chi connectivity index (χ3v) is 8.92. The first-order valence-corrected chi connectivity index (χ1v) is 16.2. The molecule has 3 atom stereocenters. The summed E-state index contributed by atoms with van der Waals surface area (Å²) in [5.74, 6) is 0.422. The second-order valence-corrected chi connectivity index (χ2v) is 13.0. The Morgan fingerprint density at radius 2 is 1.93 bits per heavy atom. The summed E-state index contributed by atoms with van der Waals surface area (Å²) in [6.07, 6.45) is 5.63. The van der Waals surface area contributed by atoms with E-state index in [1.54, 1.807) is 0 Å². The van der Waals surface area contributed by atoms with E-state index in [-0.39, 0.29) is 31.0 Å². The number of hydrogen-bond acceptors (Lipinski definition) is 3. The van der Waals surface area contributed by atoms with Crippen LogP contribution in [0.3, 0.4) is 0 Å². The number of benzene rings is 2. The standard InChI is InChI=1S/C31H42FN2O5P/c1-22(32)14-15-25(31(33)35)12-5-10-24-11-6-13-27-28-20-26(39-18-7-19-40(36,37)38)16-17-29(28)34(30(24)27)21-23-8-3-2-4-9-23/h2-4,8-9,16-17,20,22,24-25H,5-7,10-15,18-19,21H2,1H3,(H2,33,35)(H2,36,37,38). The zero-order valence-corrected chi connectivity index (χ0v) is 24.2. The SMILES string of the molecule is CC(F)CCC(CCCC1CCCc2c1n(Cc1ccccc1)c1ccc(OCCCP(=O)(O)O)cc21)C(N)=O. The van der Waals surface area contributed by atoms with E-state index in [0.29, 0.717) is 30.9 Å². The molecule has 2 aromatic carbocycles. The molecular weight excluding hydrogens is 530 g/mol. The topological polar surface area (TPSA) is 115 Å². The highest BCUT2D eigenvalue weighted by molar-refractivity contribution is 7.51. The van der Waals surface area contributed by atoms with Crippen LogP contribution in [0.4, 0.5) is 4.39 Å². The van der Waals surface area contributed by atoms with E-state index < -0.39 is 13.8 Å². The first-order valence-electron chi connectivity index (χ1n) is 14.4. The number of rotatable bonds is 15. The summed E-state index contributed by atoms with van der Waals surface area (Å²) in [7, 11) is -4.03. The third-order valence-electron chi connectivity index (χ3n) is 8.02. The lowest BCUT2D eigenvalue weighted by atomic mass is 9.82. The van der Waals surface area contributed by atoms with Crippen molar-refractivity contribution in [1.29, 1.82) is 0 Å². The van der Waals surface area contributed by atoms with Crippen LogP contribution in [-0.4, -0.2) is 39.2 Å². The van der Waals surface area contributed by atoms with Crippen molar-refractivity contribution >= 4 is 24.4 Å². The Morgan fingerprint density at radius 1 is 1.15 bits per heavy atom. The van der Waals surface area contributed by atoms with Crippen LogP contribution in [0.1, 0.15) is 81.0 Å². The highest BCUT2D eigenvalue weighted by atomic mass is 31.2. The summed E-state index contributed by atoms with van der Waals surface area (Å²) in [6.45, 7) is 2.52. The third kappa shape index (κ3) is 8.18. The highest BCUT2D eigenvalue weighted by Crippen LogP contribution is 2.42. The minimum absolute atomic E-state index is 0.191. The Labute approximate surface area is 236 Å². The first kappa shape index (κ1) is 30.3. The summed E-state index contributed by atoms with van der Waals surface area (Å²) >= 11 is 0. The number of aromatic nitrogens is 1. The summed E-state index contributed by atoms with van der Waals surface area (Å²) in [5, 5.41) is 1.16. The van der Waals surface area contributed by atoms with E-state index in [4.69, 9.17) is 20.3 Å². The number of alkyl halides is 1. The summed E-state index contributed by atoms with van der Waals surface area (Å²) in [4.78, 5) is 30.2. The Kier molecular flexibility index (Phi) is 10.4. The van der Waals surface area contributed by atoms with Gasteiger partial charge in [0.15, 0.2) is 0 Å². The number of hydrogen-bond donors (Lipinski definition) is 3. The van der Waals surface area contributed by atoms with Crippen molar-refractivity contribution in [2.75, 3.05) is 12.8 Å². The zero-order chi connectivity index (χ0) is 28.7. The van der Waals surface area contributed by atoms with Crippen molar-refractivity contribution in [3.05, 3.63) is 65.4 Å². The van der Waals surface area contributed by atoms with Gasteiger partial charge in [-0.1, -0.05) is 36.8 Å². The number of nitrogens with two attached hydrogens (primary N) is 1. The first-order chi connectivity index (χ1) is 19.1. The number of halogens is 1. The molecule has 7 nitrogen and oxygen atoms in total. The minimum Gasteiger partial charge on any atom is -0.494 e. The van der Waals surface area contributed by atoms with Gasteiger partial charge in [-0.05, 0) is 93.5 Å². The molecule has 3 aromatic rings. The van der Waals surface area contributed by atoms with E-state index in [2.05, 4.69) is 41.0 Å². The van der Waals surface area contributed by atoms with Gasteiger partial charge in [0.05, 0.1) is 18.9 Å². The Balaban J connectivity index is 1.58. The van der Waals surface area contributed by atoms with Gasteiger partial charge in [0.1, 0.15) is 5.75 Å². The van der Waals surface area contributed by atoms with Crippen LogP contribution in [0.5, 0.6) is 5.75 Å². The van der Waals surface area contributed by atoms with Crippen LogP contribution in [0.15, 0.2) is 48.5 Å². The molecule has 1 amide bonds. The van der Waals surface area contributed by atoms with Crippen LogP contribution in [0.25, 0.3) is 10.9 Å². The lowest BCUT2D eigenvalue weighted by Gasteiger charge is -2.26. The molecule has 0 spiro atoms. The van der Waals surface area contributed by atoms with Crippen molar-refractivity contribution in [2.24, 2.45) is 11.7 Å². The molecule has 1 aliphatic rings. The van der Waals surface area contributed by atoms with Gasteiger partial charge in [-0.25, -0.2) is 4.39 Å². The molecule has 0 aliphatic heterocycles. The summed E-state index contributed by atoms with van der Waals surface area (Å²) < 4.78 is 32.9. The molecule has 218 valence electrons. The summed E-state index contributed by atoms with van der Waals surface area (Å²) in [5.41, 5.74) is 10.7. The fourth-order valence-corrected chi connectivity index (χ4v) is 6.59. The molecule has 0 saturated heterocycles. The molecule has 1 aliphatic carbocycles. The van der Waals surface area contributed by atoms with E-state index in [9.17, 15) is 13.8 Å². The molecule has 4 rings (SSSR count). The Morgan fingerprint density at radius 3 is 2.62 bits per heavy atom. The van der Waals surface area contributed by atoms with Crippen molar-refractivity contribution < 1.29 is 28.3 Å². The van der Waals surface area contributed by atoms with Crippen molar-refractivity contribution in [2.45, 2.75) is 83.3 Å². The van der Waals surface area contributed by atoms with Crippen molar-refractivity contribution in [3.8, 4) is 5.75 Å². The molecule has 4 N–H and O–H groups in total. The quantitative estimate of drug-likeness (QED) is 0.143. The largest absolute Gasteiger partial charge is 0.494 e. The zero-order valence-electron chi connectivity index (χ0n) is 23.3. The number of nitrogens with zero attached hydrogens (tertiary/aromatic N) is 1. The maximum absolute atomic E-state index is 13.4. The average molecular weight is 573 g/mol. The molecule has 1 heterocycles.